The van der Waals surface area contributed by atoms with Gasteiger partial charge in [-0.05, 0) is 19.4 Å². The number of nitrogens with one attached hydrogen (secondary N) is 1. The summed E-state index contributed by atoms with van der Waals surface area (Å²) >= 11 is 1.68. The molecule has 0 unspecified atom stereocenters. The first-order chi connectivity index (χ1) is 9.24. The first kappa shape index (κ1) is 12.4. The van der Waals surface area contributed by atoms with E-state index < -0.39 is 0 Å². The van der Waals surface area contributed by atoms with E-state index in [0.29, 0.717) is 0 Å². The van der Waals surface area contributed by atoms with Crippen LogP contribution in [0, 0.1) is 13.8 Å². The maximum atomic E-state index is 4.55. The Balaban J connectivity index is 1.69. The van der Waals surface area contributed by atoms with Crippen LogP contribution in [0.3, 0.4) is 0 Å². The molecule has 0 saturated heterocycles. The Bertz CT molecular complexity index is 696. The molecule has 0 bridgehead atoms. The number of hydrogen-bond acceptors (Lipinski definition) is 3. The number of thiazole rings is 1. The lowest BCUT2D eigenvalue weighted by atomic mass is 10.1. The van der Waals surface area contributed by atoms with Crippen LogP contribution in [0.25, 0.3) is 4.96 Å². The molecule has 2 heterocycles. The lowest BCUT2D eigenvalue weighted by molar-refractivity contribution is 0.672. The van der Waals surface area contributed by atoms with Crippen molar-refractivity contribution in [3.05, 3.63) is 58.4 Å². The molecule has 0 saturated carbocycles. The number of fused-ring (bicyclic) bond motifs is 1. The number of aromatic nitrogens is 2. The van der Waals surface area contributed by atoms with Crippen molar-refractivity contribution in [1.82, 2.24) is 14.7 Å². The number of benzene rings is 1. The third kappa shape index (κ3) is 2.55. The minimum Gasteiger partial charge on any atom is -0.307 e. The van der Waals surface area contributed by atoms with E-state index in [4.69, 9.17) is 0 Å². The lowest BCUT2D eigenvalue weighted by Crippen LogP contribution is -2.14. The van der Waals surface area contributed by atoms with E-state index in [9.17, 15) is 0 Å². The van der Waals surface area contributed by atoms with Crippen molar-refractivity contribution in [3.63, 3.8) is 0 Å². The predicted octanol–water partition coefficient (Wildman–Crippen LogP) is 3.30. The Morgan fingerprint density at radius 3 is 3.00 bits per heavy atom. The summed E-state index contributed by atoms with van der Waals surface area (Å²) < 4.78 is 2.17. The van der Waals surface area contributed by atoms with Gasteiger partial charge in [-0.1, -0.05) is 29.8 Å². The van der Waals surface area contributed by atoms with Crippen LogP contribution in [0.2, 0.25) is 0 Å². The first-order valence-corrected chi connectivity index (χ1v) is 7.29. The molecule has 0 radical (unpaired) electrons. The summed E-state index contributed by atoms with van der Waals surface area (Å²) in [7, 11) is 0. The largest absolute Gasteiger partial charge is 0.307 e. The maximum absolute atomic E-state index is 4.55. The van der Waals surface area contributed by atoms with Crippen molar-refractivity contribution in [3.8, 4) is 0 Å². The zero-order chi connectivity index (χ0) is 13.2. The van der Waals surface area contributed by atoms with Crippen LogP contribution < -0.4 is 5.32 Å². The van der Waals surface area contributed by atoms with Gasteiger partial charge in [-0.2, -0.15) is 0 Å². The van der Waals surface area contributed by atoms with Gasteiger partial charge in [0.2, 0.25) is 0 Å². The minimum absolute atomic E-state index is 0.845. The highest BCUT2D eigenvalue weighted by Crippen LogP contribution is 2.16. The summed E-state index contributed by atoms with van der Waals surface area (Å²) in [5, 5.41) is 5.57. The van der Waals surface area contributed by atoms with Crippen molar-refractivity contribution in [2.24, 2.45) is 0 Å². The van der Waals surface area contributed by atoms with E-state index in [1.807, 2.05) is 0 Å². The average Bonchev–Trinajstić information content (AvgIpc) is 2.92. The Hall–Kier alpha value is -1.65. The molecule has 3 rings (SSSR count). The molecule has 0 atom stereocenters. The van der Waals surface area contributed by atoms with Gasteiger partial charge in [-0.15, -0.1) is 11.3 Å². The Morgan fingerprint density at radius 2 is 2.16 bits per heavy atom. The fourth-order valence-electron chi connectivity index (χ4n) is 2.30. The summed E-state index contributed by atoms with van der Waals surface area (Å²) in [5.41, 5.74) is 5.00. The van der Waals surface area contributed by atoms with Crippen molar-refractivity contribution in [2.75, 3.05) is 0 Å². The van der Waals surface area contributed by atoms with Crippen LogP contribution in [0.5, 0.6) is 0 Å². The SMILES string of the molecule is Cc1cccc(CNCc2c(C)nc3sccn23)c1. The predicted molar refractivity (Wildman–Crippen MR) is 79.5 cm³/mol. The molecule has 19 heavy (non-hydrogen) atoms. The number of rotatable bonds is 4. The Labute approximate surface area is 116 Å². The van der Waals surface area contributed by atoms with Crippen LogP contribution in [0.4, 0.5) is 0 Å². The fraction of sp³-hybridized carbons (Fsp3) is 0.267. The topological polar surface area (TPSA) is 29.3 Å². The van der Waals surface area contributed by atoms with Gasteiger partial charge in [0.05, 0.1) is 11.4 Å². The molecule has 0 spiro atoms. The first-order valence-electron chi connectivity index (χ1n) is 6.41. The molecule has 3 nitrogen and oxygen atoms in total. The quantitative estimate of drug-likeness (QED) is 0.789. The van der Waals surface area contributed by atoms with Crippen molar-refractivity contribution in [1.29, 1.82) is 0 Å². The zero-order valence-corrected chi connectivity index (χ0v) is 12.0. The van der Waals surface area contributed by atoms with Crippen LogP contribution >= 0.6 is 11.3 Å². The highest BCUT2D eigenvalue weighted by Gasteiger charge is 2.08. The van der Waals surface area contributed by atoms with Crippen molar-refractivity contribution < 1.29 is 0 Å². The molecule has 98 valence electrons. The van der Waals surface area contributed by atoms with Crippen LogP contribution in [-0.2, 0) is 13.1 Å². The van der Waals surface area contributed by atoms with Gasteiger partial charge in [0.15, 0.2) is 4.96 Å². The monoisotopic (exact) mass is 271 g/mol. The molecule has 1 aromatic carbocycles. The van der Waals surface area contributed by atoms with E-state index in [0.717, 1.165) is 23.7 Å². The number of hydrogen-bond donors (Lipinski definition) is 1. The third-order valence-corrected chi connectivity index (χ3v) is 4.02. The highest BCUT2D eigenvalue weighted by atomic mass is 32.1. The summed E-state index contributed by atoms with van der Waals surface area (Å²) in [4.78, 5) is 5.63. The average molecular weight is 271 g/mol. The van der Waals surface area contributed by atoms with Gasteiger partial charge < -0.3 is 5.32 Å². The summed E-state index contributed by atoms with van der Waals surface area (Å²) in [6, 6.07) is 8.60. The van der Waals surface area contributed by atoms with Crippen LogP contribution in [0.1, 0.15) is 22.5 Å². The van der Waals surface area contributed by atoms with Gasteiger partial charge in [0.25, 0.3) is 0 Å². The van der Waals surface area contributed by atoms with Gasteiger partial charge in [-0.25, -0.2) is 4.98 Å². The van der Waals surface area contributed by atoms with E-state index in [1.165, 1.54) is 16.8 Å². The molecule has 0 amide bonds. The highest BCUT2D eigenvalue weighted by molar-refractivity contribution is 7.15. The van der Waals surface area contributed by atoms with Gasteiger partial charge in [-0.3, -0.25) is 4.40 Å². The van der Waals surface area contributed by atoms with E-state index >= 15 is 0 Å². The van der Waals surface area contributed by atoms with Crippen molar-refractivity contribution >= 4 is 16.3 Å². The maximum Gasteiger partial charge on any atom is 0.194 e. The fourth-order valence-corrected chi connectivity index (χ4v) is 3.08. The van der Waals surface area contributed by atoms with Crippen LogP contribution in [0.15, 0.2) is 35.8 Å². The molecule has 4 heteroatoms. The van der Waals surface area contributed by atoms with Gasteiger partial charge >= 0.3 is 0 Å². The molecule has 1 N–H and O–H groups in total. The molecule has 3 aromatic rings. The minimum atomic E-state index is 0.845. The molecule has 0 aliphatic carbocycles. The van der Waals surface area contributed by atoms with E-state index in [-0.39, 0.29) is 0 Å². The third-order valence-electron chi connectivity index (χ3n) is 3.27. The van der Waals surface area contributed by atoms with E-state index in [1.54, 1.807) is 11.3 Å². The normalized spacial score (nSPS) is 11.3. The molecular weight excluding hydrogens is 254 g/mol. The van der Waals surface area contributed by atoms with Gasteiger partial charge in [0, 0.05) is 24.7 Å². The second-order valence-electron chi connectivity index (χ2n) is 4.79. The molecule has 2 aromatic heterocycles. The molecule has 0 aliphatic heterocycles. The summed E-state index contributed by atoms with van der Waals surface area (Å²) in [6.07, 6.45) is 2.09. The number of aryl methyl sites for hydroxylation is 2. The van der Waals surface area contributed by atoms with Gasteiger partial charge in [0.1, 0.15) is 0 Å². The smallest absolute Gasteiger partial charge is 0.194 e. The molecule has 0 fully saturated rings. The summed E-state index contributed by atoms with van der Waals surface area (Å²) in [5.74, 6) is 0. The molecular formula is C15H17N3S. The van der Waals surface area contributed by atoms with E-state index in [2.05, 4.69) is 64.4 Å². The second kappa shape index (κ2) is 5.15. The number of nitrogens with zero attached hydrogens (tertiary/aromatic N) is 2. The van der Waals surface area contributed by atoms with Crippen LogP contribution in [-0.4, -0.2) is 9.38 Å². The zero-order valence-electron chi connectivity index (χ0n) is 11.2. The molecule has 0 aliphatic rings. The lowest BCUT2D eigenvalue weighted by Gasteiger charge is -2.06. The standard InChI is InChI=1S/C15H17N3S/c1-11-4-3-5-13(8-11)9-16-10-14-12(2)17-15-18(14)6-7-19-15/h3-8,16H,9-10H2,1-2H3. The Kier molecular flexibility index (Phi) is 3.36. The number of imidazole rings is 1. The summed E-state index contributed by atoms with van der Waals surface area (Å²) in [6.45, 7) is 5.93. The van der Waals surface area contributed by atoms with Crippen molar-refractivity contribution in [2.45, 2.75) is 26.9 Å². The Morgan fingerprint density at radius 1 is 1.26 bits per heavy atom. The second-order valence-corrected chi connectivity index (χ2v) is 5.67.